The number of benzene rings is 1. The van der Waals surface area contributed by atoms with Gasteiger partial charge in [-0.1, -0.05) is 18.2 Å². The number of hydrogen-bond acceptors (Lipinski definition) is 4. The predicted octanol–water partition coefficient (Wildman–Crippen LogP) is 2.91. The van der Waals surface area contributed by atoms with Gasteiger partial charge in [-0.05, 0) is 48.4 Å². The molecule has 0 bridgehead atoms. The summed E-state index contributed by atoms with van der Waals surface area (Å²) in [6.07, 6.45) is 2.08. The van der Waals surface area contributed by atoms with Crippen molar-refractivity contribution in [3.63, 3.8) is 0 Å². The molecule has 1 aliphatic heterocycles. The van der Waals surface area contributed by atoms with Crippen LogP contribution in [-0.2, 0) is 19.4 Å². The molecule has 0 aliphatic carbocycles. The number of guanidine groups is 1. The van der Waals surface area contributed by atoms with Crippen LogP contribution in [0.2, 0.25) is 0 Å². The topological polar surface area (TPSA) is 48.9 Å². The highest BCUT2D eigenvalue weighted by molar-refractivity contribution is 7.10. The van der Waals surface area contributed by atoms with Crippen molar-refractivity contribution in [2.45, 2.75) is 26.3 Å². The lowest BCUT2D eigenvalue weighted by Crippen LogP contribution is -2.39. The lowest BCUT2D eigenvalue weighted by Gasteiger charge is -2.26. The molecule has 0 saturated carbocycles. The Kier molecular flexibility index (Phi) is 7.54. The molecule has 0 radical (unpaired) electrons. The van der Waals surface area contributed by atoms with E-state index in [0.29, 0.717) is 0 Å². The lowest BCUT2D eigenvalue weighted by molar-refractivity contribution is 0.263. The Morgan fingerprint density at radius 2 is 2.15 bits per heavy atom. The molecule has 2 N–H and O–H groups in total. The first-order valence-electron chi connectivity index (χ1n) is 9.71. The number of methoxy groups -OCH3 is 1. The van der Waals surface area contributed by atoms with Crippen LogP contribution >= 0.6 is 11.3 Å². The zero-order valence-electron chi connectivity index (χ0n) is 16.3. The summed E-state index contributed by atoms with van der Waals surface area (Å²) in [6.45, 7) is 7.80. The van der Waals surface area contributed by atoms with E-state index in [2.05, 4.69) is 46.0 Å². The molecular weight excluding hydrogens is 356 g/mol. The van der Waals surface area contributed by atoms with E-state index in [-0.39, 0.29) is 0 Å². The lowest BCUT2D eigenvalue weighted by atomic mass is 10.1. The molecule has 0 unspecified atom stereocenters. The normalized spacial score (nSPS) is 14.7. The molecule has 2 heterocycles. The van der Waals surface area contributed by atoms with Crippen LogP contribution in [-0.4, -0.2) is 50.7 Å². The zero-order chi connectivity index (χ0) is 18.9. The highest BCUT2D eigenvalue weighted by Gasteiger charge is 2.16. The van der Waals surface area contributed by atoms with Crippen molar-refractivity contribution in [2.75, 3.05) is 39.8 Å². The summed E-state index contributed by atoms with van der Waals surface area (Å²) < 4.78 is 5.42. The second-order valence-electron chi connectivity index (χ2n) is 6.64. The second-order valence-corrected chi connectivity index (χ2v) is 7.65. The molecule has 3 rings (SSSR count). The Balaban J connectivity index is 1.45. The third kappa shape index (κ3) is 5.71. The van der Waals surface area contributed by atoms with Crippen molar-refractivity contribution in [1.29, 1.82) is 0 Å². The number of ether oxygens (including phenoxy) is 1. The van der Waals surface area contributed by atoms with Gasteiger partial charge in [-0.3, -0.25) is 9.89 Å². The Morgan fingerprint density at radius 1 is 1.26 bits per heavy atom. The Morgan fingerprint density at radius 3 is 3.00 bits per heavy atom. The standard InChI is InChI=1S/C21H30N4OS/c1-3-22-21(23-11-8-17-6-4-5-7-19(17)26-2)24-12-14-25-13-9-20-18(16-25)10-15-27-20/h4-7,10,15H,3,8-9,11-14,16H2,1-2H3,(H2,22,23,24). The summed E-state index contributed by atoms with van der Waals surface area (Å²) in [5.74, 6) is 1.83. The van der Waals surface area contributed by atoms with E-state index in [9.17, 15) is 0 Å². The maximum Gasteiger partial charge on any atom is 0.191 e. The van der Waals surface area contributed by atoms with E-state index in [1.165, 1.54) is 17.5 Å². The average Bonchev–Trinajstić information content (AvgIpc) is 3.16. The second kappa shape index (κ2) is 10.3. The molecule has 6 heteroatoms. The molecule has 1 aliphatic rings. The van der Waals surface area contributed by atoms with Gasteiger partial charge in [0, 0.05) is 37.6 Å². The molecule has 0 saturated heterocycles. The van der Waals surface area contributed by atoms with E-state index in [1.54, 1.807) is 12.0 Å². The van der Waals surface area contributed by atoms with Crippen LogP contribution in [0.5, 0.6) is 5.75 Å². The summed E-state index contributed by atoms with van der Waals surface area (Å²) in [7, 11) is 1.72. The Bertz CT molecular complexity index is 743. The molecule has 146 valence electrons. The minimum Gasteiger partial charge on any atom is -0.496 e. The fraction of sp³-hybridized carbons (Fsp3) is 0.476. The minimum atomic E-state index is 0.809. The minimum absolute atomic E-state index is 0.809. The van der Waals surface area contributed by atoms with Crippen molar-refractivity contribution in [3.05, 3.63) is 51.7 Å². The Labute approximate surface area is 166 Å². The van der Waals surface area contributed by atoms with Gasteiger partial charge in [0.2, 0.25) is 0 Å². The van der Waals surface area contributed by atoms with Gasteiger partial charge in [-0.25, -0.2) is 0 Å². The number of nitrogens with zero attached hydrogens (tertiary/aromatic N) is 2. The van der Waals surface area contributed by atoms with Gasteiger partial charge in [0.25, 0.3) is 0 Å². The maximum absolute atomic E-state index is 5.42. The fourth-order valence-electron chi connectivity index (χ4n) is 3.37. The average molecular weight is 387 g/mol. The maximum atomic E-state index is 5.42. The van der Waals surface area contributed by atoms with Crippen LogP contribution in [0.25, 0.3) is 0 Å². The van der Waals surface area contributed by atoms with Crippen LogP contribution in [0, 0.1) is 0 Å². The molecule has 0 atom stereocenters. The van der Waals surface area contributed by atoms with E-state index in [0.717, 1.165) is 57.4 Å². The van der Waals surface area contributed by atoms with Gasteiger partial charge in [0.15, 0.2) is 5.96 Å². The molecule has 2 aromatic rings. The number of fused-ring (bicyclic) bond motifs is 1. The van der Waals surface area contributed by atoms with Gasteiger partial charge < -0.3 is 15.4 Å². The first-order valence-corrected chi connectivity index (χ1v) is 10.6. The van der Waals surface area contributed by atoms with Crippen LogP contribution in [0.1, 0.15) is 22.9 Å². The number of thiophene rings is 1. The van der Waals surface area contributed by atoms with E-state index in [4.69, 9.17) is 9.73 Å². The molecule has 27 heavy (non-hydrogen) atoms. The van der Waals surface area contributed by atoms with Crippen LogP contribution in [0.4, 0.5) is 0 Å². The third-order valence-corrected chi connectivity index (χ3v) is 5.82. The first kappa shape index (κ1) is 19.7. The highest BCUT2D eigenvalue weighted by atomic mass is 32.1. The number of hydrogen-bond donors (Lipinski definition) is 2. The SMILES string of the molecule is CCNC(=NCCN1CCc2sccc2C1)NCCc1ccccc1OC. The quantitative estimate of drug-likeness (QED) is 0.541. The van der Waals surface area contributed by atoms with Crippen molar-refractivity contribution >= 4 is 17.3 Å². The largest absolute Gasteiger partial charge is 0.496 e. The number of para-hydroxylation sites is 1. The van der Waals surface area contributed by atoms with Crippen LogP contribution in [0.15, 0.2) is 40.7 Å². The van der Waals surface area contributed by atoms with Crippen LogP contribution < -0.4 is 15.4 Å². The molecule has 0 spiro atoms. The Hall–Kier alpha value is -2.05. The van der Waals surface area contributed by atoms with E-state index < -0.39 is 0 Å². The van der Waals surface area contributed by atoms with Gasteiger partial charge in [-0.2, -0.15) is 0 Å². The van der Waals surface area contributed by atoms with E-state index >= 15 is 0 Å². The van der Waals surface area contributed by atoms with E-state index in [1.807, 2.05) is 23.5 Å². The molecule has 0 fully saturated rings. The number of aliphatic imine (C=N–C) groups is 1. The molecular formula is C21H30N4OS. The fourth-order valence-corrected chi connectivity index (χ4v) is 4.26. The van der Waals surface area contributed by atoms with Gasteiger partial charge in [0.1, 0.15) is 5.75 Å². The van der Waals surface area contributed by atoms with Crippen molar-refractivity contribution in [3.8, 4) is 5.75 Å². The molecule has 0 amide bonds. The molecule has 1 aromatic heterocycles. The summed E-state index contributed by atoms with van der Waals surface area (Å²) in [5.41, 5.74) is 2.71. The monoisotopic (exact) mass is 386 g/mol. The summed E-state index contributed by atoms with van der Waals surface area (Å²) in [5, 5.41) is 8.98. The van der Waals surface area contributed by atoms with Gasteiger partial charge in [-0.15, -0.1) is 11.3 Å². The summed E-state index contributed by atoms with van der Waals surface area (Å²) in [6, 6.07) is 10.4. The predicted molar refractivity (Wildman–Crippen MR) is 114 cm³/mol. The number of nitrogens with one attached hydrogen (secondary N) is 2. The number of rotatable bonds is 8. The van der Waals surface area contributed by atoms with Crippen LogP contribution in [0.3, 0.4) is 0 Å². The van der Waals surface area contributed by atoms with Crippen molar-refractivity contribution in [2.24, 2.45) is 4.99 Å². The van der Waals surface area contributed by atoms with Gasteiger partial charge in [0.05, 0.1) is 13.7 Å². The summed E-state index contributed by atoms with van der Waals surface area (Å²) in [4.78, 5) is 8.80. The first-order chi connectivity index (χ1) is 13.3. The summed E-state index contributed by atoms with van der Waals surface area (Å²) >= 11 is 1.89. The molecule has 5 nitrogen and oxygen atoms in total. The zero-order valence-corrected chi connectivity index (χ0v) is 17.1. The smallest absolute Gasteiger partial charge is 0.191 e. The highest BCUT2D eigenvalue weighted by Crippen LogP contribution is 2.23. The third-order valence-electron chi connectivity index (χ3n) is 4.80. The van der Waals surface area contributed by atoms with Gasteiger partial charge >= 0.3 is 0 Å². The van der Waals surface area contributed by atoms with Crippen molar-refractivity contribution in [1.82, 2.24) is 15.5 Å². The van der Waals surface area contributed by atoms with Crippen molar-refractivity contribution < 1.29 is 4.74 Å². The molecule has 1 aromatic carbocycles.